The Morgan fingerprint density at radius 1 is 0.971 bits per heavy atom. The van der Waals surface area contributed by atoms with Crippen LogP contribution in [-0.2, 0) is 16.6 Å². The summed E-state index contributed by atoms with van der Waals surface area (Å²) in [6, 6.07) is 20.7. The SMILES string of the molecule is COc1ccc(Cn2c(SCCOc3ccc(S(N)(=O)=O)cc3)nc3ccccc3c2=O)cc1. The molecule has 4 rings (SSSR count). The van der Waals surface area contributed by atoms with Gasteiger partial charge in [0.2, 0.25) is 10.0 Å². The molecule has 0 bridgehead atoms. The maximum absolute atomic E-state index is 13.2. The van der Waals surface area contributed by atoms with Crippen LogP contribution in [0.25, 0.3) is 10.9 Å². The quantitative estimate of drug-likeness (QED) is 0.214. The van der Waals surface area contributed by atoms with E-state index < -0.39 is 10.0 Å². The maximum Gasteiger partial charge on any atom is 0.262 e. The van der Waals surface area contributed by atoms with Crippen molar-refractivity contribution in [1.29, 1.82) is 0 Å². The zero-order valence-corrected chi connectivity index (χ0v) is 20.0. The van der Waals surface area contributed by atoms with E-state index in [9.17, 15) is 13.2 Å². The molecule has 34 heavy (non-hydrogen) atoms. The Hall–Kier alpha value is -3.34. The molecule has 0 amide bonds. The van der Waals surface area contributed by atoms with E-state index in [1.807, 2.05) is 42.5 Å². The highest BCUT2D eigenvalue weighted by atomic mass is 32.2. The van der Waals surface area contributed by atoms with Crippen molar-refractivity contribution in [3.05, 3.63) is 88.7 Å². The van der Waals surface area contributed by atoms with E-state index in [4.69, 9.17) is 19.6 Å². The fourth-order valence-corrected chi connectivity index (χ4v) is 4.66. The molecule has 0 saturated carbocycles. The van der Waals surface area contributed by atoms with Crippen LogP contribution in [0.2, 0.25) is 0 Å². The Balaban J connectivity index is 1.51. The highest BCUT2D eigenvalue weighted by Gasteiger charge is 2.13. The Labute approximate surface area is 201 Å². The number of thioether (sulfide) groups is 1. The first-order valence-electron chi connectivity index (χ1n) is 10.4. The third kappa shape index (κ3) is 5.58. The molecule has 0 aliphatic rings. The summed E-state index contributed by atoms with van der Waals surface area (Å²) in [6.45, 7) is 0.712. The molecule has 10 heteroatoms. The molecule has 3 aromatic carbocycles. The van der Waals surface area contributed by atoms with Crippen molar-refractivity contribution in [3.8, 4) is 11.5 Å². The molecule has 0 saturated heterocycles. The van der Waals surface area contributed by atoms with Gasteiger partial charge in [-0.1, -0.05) is 36.0 Å². The van der Waals surface area contributed by atoms with E-state index in [0.29, 0.717) is 40.7 Å². The molecule has 2 N–H and O–H groups in total. The van der Waals surface area contributed by atoms with Crippen LogP contribution < -0.4 is 20.2 Å². The molecule has 1 aromatic heterocycles. The van der Waals surface area contributed by atoms with Gasteiger partial charge in [0.05, 0.1) is 36.1 Å². The van der Waals surface area contributed by atoms with Gasteiger partial charge in [-0.05, 0) is 54.1 Å². The molecule has 0 spiro atoms. The van der Waals surface area contributed by atoms with Gasteiger partial charge >= 0.3 is 0 Å². The average Bonchev–Trinajstić information content (AvgIpc) is 2.84. The molecule has 176 valence electrons. The first-order chi connectivity index (χ1) is 16.3. The second-order valence-electron chi connectivity index (χ2n) is 7.36. The van der Waals surface area contributed by atoms with Gasteiger partial charge in [0.15, 0.2) is 5.16 Å². The van der Waals surface area contributed by atoms with Crippen molar-refractivity contribution < 1.29 is 17.9 Å². The topological polar surface area (TPSA) is 114 Å². The summed E-state index contributed by atoms with van der Waals surface area (Å²) in [4.78, 5) is 18.0. The number of rotatable bonds is 9. The van der Waals surface area contributed by atoms with Gasteiger partial charge in [0.25, 0.3) is 5.56 Å². The van der Waals surface area contributed by atoms with Crippen molar-refractivity contribution in [1.82, 2.24) is 9.55 Å². The van der Waals surface area contributed by atoms with Gasteiger partial charge in [0, 0.05) is 5.75 Å². The summed E-state index contributed by atoms with van der Waals surface area (Å²) in [7, 11) is -2.14. The lowest BCUT2D eigenvalue weighted by Crippen LogP contribution is -2.24. The third-order valence-electron chi connectivity index (χ3n) is 5.06. The van der Waals surface area contributed by atoms with E-state index in [0.717, 1.165) is 11.3 Å². The Morgan fingerprint density at radius 3 is 2.32 bits per heavy atom. The zero-order chi connectivity index (χ0) is 24.1. The maximum atomic E-state index is 13.2. The van der Waals surface area contributed by atoms with E-state index >= 15 is 0 Å². The number of fused-ring (bicyclic) bond motifs is 1. The van der Waals surface area contributed by atoms with Gasteiger partial charge in [-0.2, -0.15) is 0 Å². The van der Waals surface area contributed by atoms with Crippen molar-refractivity contribution in [2.45, 2.75) is 16.6 Å². The van der Waals surface area contributed by atoms with Crippen LogP contribution in [0.1, 0.15) is 5.56 Å². The first-order valence-corrected chi connectivity index (χ1v) is 12.9. The van der Waals surface area contributed by atoms with E-state index in [-0.39, 0.29) is 10.5 Å². The number of aromatic nitrogens is 2. The fraction of sp³-hybridized carbons (Fsp3) is 0.167. The number of nitrogens with zero attached hydrogens (tertiary/aromatic N) is 2. The van der Waals surface area contributed by atoms with Crippen LogP contribution in [0.3, 0.4) is 0 Å². The second kappa shape index (κ2) is 10.3. The minimum absolute atomic E-state index is 0.0251. The molecule has 0 unspecified atom stereocenters. The fourth-order valence-electron chi connectivity index (χ4n) is 3.33. The third-order valence-corrected chi connectivity index (χ3v) is 6.93. The lowest BCUT2D eigenvalue weighted by molar-refractivity contribution is 0.343. The summed E-state index contributed by atoms with van der Waals surface area (Å²) in [6.07, 6.45) is 0. The van der Waals surface area contributed by atoms with Crippen molar-refractivity contribution >= 4 is 32.7 Å². The number of hydrogen-bond donors (Lipinski definition) is 1. The summed E-state index contributed by atoms with van der Waals surface area (Å²) in [5.41, 5.74) is 1.48. The molecule has 8 nitrogen and oxygen atoms in total. The molecular formula is C24H23N3O5S2. The first kappa shape index (κ1) is 23.8. The number of benzene rings is 3. The molecule has 0 radical (unpaired) electrons. The van der Waals surface area contributed by atoms with Crippen LogP contribution in [0.15, 0.2) is 87.6 Å². The second-order valence-corrected chi connectivity index (χ2v) is 9.99. The van der Waals surface area contributed by atoms with E-state index in [2.05, 4.69) is 0 Å². The highest BCUT2D eigenvalue weighted by molar-refractivity contribution is 7.99. The normalized spacial score (nSPS) is 11.5. The number of nitrogens with two attached hydrogens (primary N) is 1. The Bertz CT molecular complexity index is 1450. The number of sulfonamides is 1. The Kier molecular flexibility index (Phi) is 7.20. The molecular weight excluding hydrogens is 474 g/mol. The van der Waals surface area contributed by atoms with Gasteiger partial charge in [-0.3, -0.25) is 9.36 Å². The number of methoxy groups -OCH3 is 1. The zero-order valence-electron chi connectivity index (χ0n) is 18.4. The molecule has 4 aromatic rings. The van der Waals surface area contributed by atoms with E-state index in [1.165, 1.54) is 23.9 Å². The lowest BCUT2D eigenvalue weighted by atomic mass is 10.2. The van der Waals surface area contributed by atoms with Gasteiger partial charge in [-0.25, -0.2) is 18.5 Å². The molecule has 0 aliphatic heterocycles. The van der Waals surface area contributed by atoms with Gasteiger partial charge in [-0.15, -0.1) is 0 Å². The van der Waals surface area contributed by atoms with E-state index in [1.54, 1.807) is 29.9 Å². The van der Waals surface area contributed by atoms with Crippen molar-refractivity contribution in [3.63, 3.8) is 0 Å². The Morgan fingerprint density at radius 2 is 1.65 bits per heavy atom. The summed E-state index contributed by atoms with van der Waals surface area (Å²) in [5.74, 6) is 1.80. The number of para-hydroxylation sites is 1. The predicted molar refractivity (Wildman–Crippen MR) is 132 cm³/mol. The monoisotopic (exact) mass is 497 g/mol. The number of ether oxygens (including phenoxy) is 2. The lowest BCUT2D eigenvalue weighted by Gasteiger charge is -2.14. The van der Waals surface area contributed by atoms with Crippen molar-refractivity contribution in [2.24, 2.45) is 5.14 Å². The van der Waals surface area contributed by atoms with Crippen molar-refractivity contribution in [2.75, 3.05) is 19.5 Å². The van der Waals surface area contributed by atoms with Gasteiger partial charge in [0.1, 0.15) is 11.5 Å². The van der Waals surface area contributed by atoms with Crippen LogP contribution in [0.5, 0.6) is 11.5 Å². The molecule has 1 heterocycles. The molecule has 0 atom stereocenters. The highest BCUT2D eigenvalue weighted by Crippen LogP contribution is 2.21. The number of primary sulfonamides is 1. The summed E-state index contributed by atoms with van der Waals surface area (Å²) >= 11 is 1.42. The number of hydrogen-bond acceptors (Lipinski definition) is 7. The van der Waals surface area contributed by atoms with Crippen LogP contribution in [-0.4, -0.2) is 37.4 Å². The molecule has 0 fully saturated rings. The predicted octanol–water partition coefficient (Wildman–Crippen LogP) is 3.27. The minimum atomic E-state index is -3.74. The summed E-state index contributed by atoms with van der Waals surface area (Å²) in [5, 5.41) is 6.27. The standard InChI is InChI=1S/C24H23N3O5S2/c1-31-18-8-6-17(7-9-18)16-27-23(28)21-4-2-3-5-22(21)26-24(27)33-15-14-32-19-10-12-20(13-11-19)34(25,29)30/h2-13H,14-16H2,1H3,(H2,25,29,30). The van der Waals surface area contributed by atoms with Crippen LogP contribution in [0, 0.1) is 0 Å². The largest absolute Gasteiger partial charge is 0.497 e. The summed E-state index contributed by atoms with van der Waals surface area (Å²) < 4.78 is 35.3. The van der Waals surface area contributed by atoms with Gasteiger partial charge < -0.3 is 9.47 Å². The molecule has 0 aliphatic carbocycles. The smallest absolute Gasteiger partial charge is 0.262 e. The van der Waals surface area contributed by atoms with Crippen LogP contribution in [0.4, 0.5) is 0 Å². The van der Waals surface area contributed by atoms with Crippen LogP contribution >= 0.6 is 11.8 Å². The average molecular weight is 498 g/mol. The minimum Gasteiger partial charge on any atom is -0.497 e.